The quantitative estimate of drug-likeness (QED) is 0.768. The topological polar surface area (TPSA) is 70.2 Å². The molecule has 0 radical (unpaired) electrons. The molecule has 0 aromatic heterocycles. The summed E-state index contributed by atoms with van der Waals surface area (Å²) < 4.78 is 24.8. The molecule has 0 aliphatic carbocycles. The van der Waals surface area contributed by atoms with Crippen LogP contribution in [0.15, 0.2) is 24.3 Å². The largest absolute Gasteiger partial charge is 0.381 e. The number of hydrogen-bond donors (Lipinski definition) is 3. The summed E-state index contributed by atoms with van der Waals surface area (Å²) >= 11 is 0. The molecule has 6 heteroatoms. The fraction of sp³-hybridized carbons (Fsp3) is 0.500. The van der Waals surface area contributed by atoms with Gasteiger partial charge in [0.1, 0.15) is 0 Å². The van der Waals surface area contributed by atoms with E-state index in [1.165, 1.54) is 6.42 Å². The van der Waals surface area contributed by atoms with Crippen molar-refractivity contribution in [1.82, 2.24) is 5.32 Å². The summed E-state index contributed by atoms with van der Waals surface area (Å²) in [7, 11) is -3.22. The maximum Gasteiger partial charge on any atom is 0.229 e. The number of hydrogen-bond acceptors (Lipinski definition) is 4. The second-order valence-electron chi connectivity index (χ2n) is 4.64. The van der Waals surface area contributed by atoms with Crippen LogP contribution in [-0.2, 0) is 10.0 Å². The highest BCUT2D eigenvalue weighted by Gasteiger charge is 2.12. The van der Waals surface area contributed by atoms with Gasteiger partial charge in [-0.2, -0.15) is 0 Å². The molecule has 2 rings (SSSR count). The minimum Gasteiger partial charge on any atom is -0.381 e. The van der Waals surface area contributed by atoms with Crippen molar-refractivity contribution < 1.29 is 8.42 Å². The first-order valence-corrected chi connectivity index (χ1v) is 7.97. The van der Waals surface area contributed by atoms with Crippen molar-refractivity contribution in [3.63, 3.8) is 0 Å². The first kappa shape index (κ1) is 13.2. The number of piperidine rings is 1. The number of sulfonamides is 1. The molecule has 1 aromatic carbocycles. The van der Waals surface area contributed by atoms with Crippen LogP contribution in [0.25, 0.3) is 0 Å². The van der Waals surface area contributed by atoms with Crippen molar-refractivity contribution in [3.8, 4) is 0 Å². The van der Waals surface area contributed by atoms with Crippen LogP contribution in [0, 0.1) is 0 Å². The molecule has 1 aliphatic rings. The Morgan fingerprint density at radius 2 is 2.11 bits per heavy atom. The molecular weight excluding hydrogens is 250 g/mol. The van der Waals surface area contributed by atoms with E-state index in [4.69, 9.17) is 0 Å². The van der Waals surface area contributed by atoms with E-state index in [0.717, 1.165) is 31.5 Å². The highest BCUT2D eigenvalue weighted by atomic mass is 32.2. The molecule has 1 atom stereocenters. The smallest absolute Gasteiger partial charge is 0.229 e. The van der Waals surface area contributed by atoms with E-state index >= 15 is 0 Å². The van der Waals surface area contributed by atoms with Crippen LogP contribution in [0.3, 0.4) is 0 Å². The van der Waals surface area contributed by atoms with E-state index in [1.807, 2.05) is 18.2 Å². The number of rotatable bonds is 4. The zero-order chi connectivity index (χ0) is 13.0. The van der Waals surface area contributed by atoms with Crippen LogP contribution in [0.2, 0.25) is 0 Å². The Hall–Kier alpha value is -1.27. The van der Waals surface area contributed by atoms with Crippen molar-refractivity contribution in [1.29, 1.82) is 0 Å². The third kappa shape index (κ3) is 4.19. The monoisotopic (exact) mass is 269 g/mol. The summed E-state index contributed by atoms with van der Waals surface area (Å²) in [6, 6.07) is 7.75. The highest BCUT2D eigenvalue weighted by Crippen LogP contribution is 2.18. The van der Waals surface area contributed by atoms with E-state index in [0.29, 0.717) is 11.7 Å². The molecule has 0 bridgehead atoms. The highest BCUT2D eigenvalue weighted by molar-refractivity contribution is 7.92. The van der Waals surface area contributed by atoms with Gasteiger partial charge < -0.3 is 10.6 Å². The van der Waals surface area contributed by atoms with E-state index in [2.05, 4.69) is 15.4 Å². The summed E-state index contributed by atoms with van der Waals surface area (Å²) in [5, 5.41) is 6.74. The Bertz CT molecular complexity index is 496. The van der Waals surface area contributed by atoms with Crippen molar-refractivity contribution in [3.05, 3.63) is 24.3 Å². The van der Waals surface area contributed by atoms with Gasteiger partial charge >= 0.3 is 0 Å². The first-order valence-electron chi connectivity index (χ1n) is 6.08. The van der Waals surface area contributed by atoms with Gasteiger partial charge in [0.2, 0.25) is 10.0 Å². The molecule has 1 heterocycles. The van der Waals surface area contributed by atoms with E-state index in [1.54, 1.807) is 6.07 Å². The van der Waals surface area contributed by atoms with Crippen molar-refractivity contribution >= 4 is 21.4 Å². The standard InChI is InChI=1S/C12H19N3O2S/c1-18(16,17)15-11-5-2-4-10(8-11)14-12-6-3-7-13-9-12/h2,4-5,8,12-15H,3,6-7,9H2,1H3. The lowest BCUT2D eigenvalue weighted by molar-refractivity contribution is 0.480. The van der Waals surface area contributed by atoms with Gasteiger partial charge in [-0.25, -0.2) is 8.42 Å². The van der Waals surface area contributed by atoms with E-state index in [9.17, 15) is 8.42 Å². The van der Waals surface area contributed by atoms with Gasteiger partial charge in [-0.1, -0.05) is 6.07 Å². The van der Waals surface area contributed by atoms with Gasteiger partial charge in [-0.05, 0) is 37.6 Å². The average molecular weight is 269 g/mol. The molecule has 1 fully saturated rings. The van der Waals surface area contributed by atoms with Crippen molar-refractivity contribution in [2.24, 2.45) is 0 Å². The lowest BCUT2D eigenvalue weighted by Gasteiger charge is -2.25. The third-order valence-electron chi connectivity index (χ3n) is 2.83. The summed E-state index contributed by atoms with van der Waals surface area (Å²) in [6.07, 6.45) is 3.45. The van der Waals surface area contributed by atoms with Crippen LogP contribution in [-0.4, -0.2) is 33.8 Å². The second-order valence-corrected chi connectivity index (χ2v) is 6.39. The van der Waals surface area contributed by atoms with E-state index in [-0.39, 0.29) is 0 Å². The molecule has 18 heavy (non-hydrogen) atoms. The van der Waals surface area contributed by atoms with Gasteiger partial charge in [0.15, 0.2) is 0 Å². The van der Waals surface area contributed by atoms with E-state index < -0.39 is 10.0 Å². The molecule has 1 saturated heterocycles. The SMILES string of the molecule is CS(=O)(=O)Nc1cccc(NC2CCCNC2)c1. The lowest BCUT2D eigenvalue weighted by Crippen LogP contribution is -2.38. The predicted octanol–water partition coefficient (Wildman–Crippen LogP) is 1.22. The summed E-state index contributed by atoms with van der Waals surface area (Å²) in [5.74, 6) is 0. The maximum atomic E-state index is 11.2. The Balaban J connectivity index is 2.02. The van der Waals surface area contributed by atoms with Crippen LogP contribution in [0.5, 0.6) is 0 Å². The predicted molar refractivity (Wildman–Crippen MR) is 74.4 cm³/mol. The molecule has 1 unspecified atom stereocenters. The fourth-order valence-corrected chi connectivity index (χ4v) is 2.65. The Morgan fingerprint density at radius 1 is 1.33 bits per heavy atom. The molecule has 1 aromatic rings. The van der Waals surface area contributed by atoms with Gasteiger partial charge in [-0.15, -0.1) is 0 Å². The molecule has 0 spiro atoms. The zero-order valence-corrected chi connectivity index (χ0v) is 11.3. The first-order chi connectivity index (χ1) is 8.53. The van der Waals surface area contributed by atoms with Crippen molar-refractivity contribution in [2.45, 2.75) is 18.9 Å². The molecule has 0 amide bonds. The van der Waals surface area contributed by atoms with Gasteiger partial charge in [-0.3, -0.25) is 4.72 Å². The summed E-state index contributed by atoms with van der Waals surface area (Å²) in [5.41, 5.74) is 1.53. The van der Waals surface area contributed by atoms with Crippen LogP contribution in [0.4, 0.5) is 11.4 Å². The molecule has 100 valence electrons. The molecule has 3 N–H and O–H groups in total. The van der Waals surface area contributed by atoms with Gasteiger partial charge in [0.25, 0.3) is 0 Å². The Kier molecular flexibility index (Phi) is 4.08. The second kappa shape index (κ2) is 5.58. The Labute approximate surface area is 108 Å². The minimum absolute atomic E-state index is 0.409. The van der Waals surface area contributed by atoms with Crippen LogP contribution < -0.4 is 15.4 Å². The summed E-state index contributed by atoms with van der Waals surface area (Å²) in [4.78, 5) is 0. The number of anilines is 2. The maximum absolute atomic E-state index is 11.2. The number of benzene rings is 1. The number of nitrogens with one attached hydrogen (secondary N) is 3. The average Bonchev–Trinajstić information content (AvgIpc) is 2.28. The Morgan fingerprint density at radius 3 is 2.78 bits per heavy atom. The third-order valence-corrected chi connectivity index (χ3v) is 3.44. The fourth-order valence-electron chi connectivity index (χ4n) is 2.10. The van der Waals surface area contributed by atoms with Gasteiger partial charge in [0.05, 0.1) is 11.9 Å². The minimum atomic E-state index is -3.22. The molecule has 1 aliphatic heterocycles. The van der Waals surface area contributed by atoms with Crippen molar-refractivity contribution in [2.75, 3.05) is 29.4 Å². The van der Waals surface area contributed by atoms with Gasteiger partial charge in [0, 0.05) is 18.3 Å². The van der Waals surface area contributed by atoms with Crippen LogP contribution in [0.1, 0.15) is 12.8 Å². The molecule has 0 saturated carbocycles. The van der Waals surface area contributed by atoms with Crippen LogP contribution >= 0.6 is 0 Å². The normalized spacial score (nSPS) is 20.4. The summed E-state index contributed by atoms with van der Waals surface area (Å²) in [6.45, 7) is 2.03. The molecule has 5 nitrogen and oxygen atoms in total. The zero-order valence-electron chi connectivity index (χ0n) is 10.4. The lowest BCUT2D eigenvalue weighted by atomic mass is 10.1. The molecular formula is C12H19N3O2S.